The average Bonchev–Trinajstić information content (AvgIpc) is 2.46. The summed E-state index contributed by atoms with van der Waals surface area (Å²) in [4.78, 5) is 0. The Morgan fingerprint density at radius 3 is 2.43 bits per heavy atom. The van der Waals surface area contributed by atoms with Crippen LogP contribution in [-0.4, -0.2) is 19.8 Å². The van der Waals surface area contributed by atoms with Crippen molar-refractivity contribution in [1.29, 1.82) is 5.26 Å². The van der Waals surface area contributed by atoms with Gasteiger partial charge in [-0.15, -0.1) is 0 Å². The van der Waals surface area contributed by atoms with Crippen molar-refractivity contribution in [3.05, 3.63) is 18.2 Å². The monoisotopic (exact) mass is 290 g/mol. The number of benzene rings is 1. The van der Waals surface area contributed by atoms with Gasteiger partial charge >= 0.3 is 0 Å². The van der Waals surface area contributed by atoms with Gasteiger partial charge in [-0.05, 0) is 52.7 Å². The lowest BCUT2D eigenvalue weighted by Gasteiger charge is -2.16. The van der Waals surface area contributed by atoms with Crippen LogP contribution in [0.15, 0.2) is 18.2 Å². The van der Waals surface area contributed by atoms with E-state index in [1.165, 1.54) is 0 Å². The Morgan fingerprint density at radius 2 is 1.81 bits per heavy atom. The molecule has 1 aromatic rings. The number of hydrogen-bond acceptors (Lipinski definition) is 4. The first-order chi connectivity index (χ1) is 10.0. The molecule has 0 radical (unpaired) electrons. The maximum atomic E-state index is 8.99. The molecule has 21 heavy (non-hydrogen) atoms. The van der Waals surface area contributed by atoms with E-state index in [9.17, 15) is 0 Å². The quantitative estimate of drug-likeness (QED) is 0.692. The molecule has 116 valence electrons. The number of anilines is 1. The molecule has 0 aliphatic rings. The van der Waals surface area contributed by atoms with Gasteiger partial charge in [-0.25, -0.2) is 0 Å². The predicted octanol–water partition coefficient (Wildman–Crippen LogP) is 4.23. The fraction of sp³-hybridized carbons (Fsp3) is 0.588. The minimum absolute atomic E-state index is 0.253. The van der Waals surface area contributed by atoms with Crippen molar-refractivity contribution < 1.29 is 9.47 Å². The highest BCUT2D eigenvalue weighted by Gasteiger charge is 2.15. The largest absolute Gasteiger partial charge is 0.490 e. The van der Waals surface area contributed by atoms with E-state index >= 15 is 0 Å². The molecular weight excluding hydrogens is 264 g/mol. The molecule has 0 aliphatic carbocycles. The van der Waals surface area contributed by atoms with Crippen molar-refractivity contribution in [2.75, 3.05) is 25.1 Å². The van der Waals surface area contributed by atoms with Gasteiger partial charge in [-0.3, -0.25) is 0 Å². The van der Waals surface area contributed by atoms with Crippen LogP contribution in [0.5, 0.6) is 11.5 Å². The van der Waals surface area contributed by atoms with E-state index in [1.54, 1.807) is 0 Å². The van der Waals surface area contributed by atoms with Crippen LogP contribution in [0.1, 0.15) is 40.5 Å². The average molecular weight is 290 g/mol. The van der Waals surface area contributed by atoms with E-state index in [4.69, 9.17) is 14.7 Å². The summed E-state index contributed by atoms with van der Waals surface area (Å²) in [7, 11) is 0. The minimum atomic E-state index is -0.253. The van der Waals surface area contributed by atoms with E-state index < -0.39 is 0 Å². The number of nitriles is 1. The Labute approximate surface area is 128 Å². The van der Waals surface area contributed by atoms with E-state index in [-0.39, 0.29) is 5.41 Å². The van der Waals surface area contributed by atoms with Gasteiger partial charge in [0.25, 0.3) is 0 Å². The molecule has 4 heteroatoms. The lowest BCUT2D eigenvalue weighted by atomic mass is 9.90. The van der Waals surface area contributed by atoms with Gasteiger partial charge in [0.1, 0.15) is 0 Å². The summed E-state index contributed by atoms with van der Waals surface area (Å²) in [5.74, 6) is 1.54. The lowest BCUT2D eigenvalue weighted by molar-refractivity contribution is 0.288. The first-order valence-electron chi connectivity index (χ1n) is 7.57. The number of hydrogen-bond donors (Lipinski definition) is 1. The Hall–Kier alpha value is -1.89. The predicted molar refractivity (Wildman–Crippen MR) is 85.9 cm³/mol. The van der Waals surface area contributed by atoms with E-state index in [0.29, 0.717) is 13.2 Å². The molecule has 4 nitrogen and oxygen atoms in total. The van der Waals surface area contributed by atoms with E-state index in [1.807, 2.05) is 45.9 Å². The van der Waals surface area contributed by atoms with Crippen LogP contribution in [0.25, 0.3) is 0 Å². The number of ether oxygens (including phenoxy) is 2. The molecule has 0 fully saturated rings. The normalized spacial score (nSPS) is 10.8. The van der Waals surface area contributed by atoms with Crippen LogP contribution in [0, 0.1) is 16.7 Å². The molecule has 0 spiro atoms. The van der Waals surface area contributed by atoms with E-state index in [2.05, 4.69) is 11.4 Å². The van der Waals surface area contributed by atoms with Crippen LogP contribution >= 0.6 is 0 Å². The second-order valence-corrected chi connectivity index (χ2v) is 5.55. The Kier molecular flexibility index (Phi) is 6.87. The van der Waals surface area contributed by atoms with Gasteiger partial charge in [-0.2, -0.15) is 5.26 Å². The molecule has 1 rings (SSSR count). The fourth-order valence-corrected chi connectivity index (χ4v) is 1.98. The number of rotatable bonds is 9. The highest BCUT2D eigenvalue weighted by molar-refractivity contribution is 5.54. The SMILES string of the molecule is CCOc1ccc(NCCCC(C)(C)C#N)cc1OCC. The molecule has 0 amide bonds. The van der Waals surface area contributed by atoms with Crippen LogP contribution in [0.3, 0.4) is 0 Å². The van der Waals surface area contributed by atoms with Crippen LogP contribution in [0.4, 0.5) is 5.69 Å². The van der Waals surface area contributed by atoms with Crippen molar-refractivity contribution in [3.8, 4) is 17.6 Å². The summed E-state index contributed by atoms with van der Waals surface area (Å²) in [5, 5.41) is 12.4. The first-order valence-corrected chi connectivity index (χ1v) is 7.57. The number of nitrogens with one attached hydrogen (secondary N) is 1. The van der Waals surface area contributed by atoms with Gasteiger partial charge < -0.3 is 14.8 Å². The van der Waals surface area contributed by atoms with Crippen molar-refractivity contribution in [3.63, 3.8) is 0 Å². The molecule has 1 N–H and O–H groups in total. The van der Waals surface area contributed by atoms with Crippen molar-refractivity contribution >= 4 is 5.69 Å². The van der Waals surface area contributed by atoms with Gasteiger partial charge in [0.05, 0.1) is 24.7 Å². The molecule has 0 atom stereocenters. The van der Waals surface area contributed by atoms with Crippen LogP contribution < -0.4 is 14.8 Å². The van der Waals surface area contributed by atoms with Crippen LogP contribution in [0.2, 0.25) is 0 Å². The first kappa shape index (κ1) is 17.2. The molecule has 0 bridgehead atoms. The smallest absolute Gasteiger partial charge is 0.163 e. The van der Waals surface area contributed by atoms with Gasteiger partial charge in [0, 0.05) is 18.3 Å². The Balaban J connectivity index is 2.56. The summed E-state index contributed by atoms with van der Waals surface area (Å²) in [5.41, 5.74) is 0.758. The summed E-state index contributed by atoms with van der Waals surface area (Å²) >= 11 is 0. The second-order valence-electron chi connectivity index (χ2n) is 5.55. The molecule has 1 aromatic carbocycles. The zero-order chi connectivity index (χ0) is 15.7. The van der Waals surface area contributed by atoms with E-state index in [0.717, 1.165) is 36.6 Å². The summed E-state index contributed by atoms with van der Waals surface area (Å²) in [6.45, 7) is 9.92. The maximum absolute atomic E-state index is 8.99. The van der Waals surface area contributed by atoms with Gasteiger partial charge in [0.15, 0.2) is 11.5 Å². The standard InChI is InChI=1S/C17H26N2O2/c1-5-20-15-9-8-14(12-16(15)21-6-2)19-11-7-10-17(3,4)13-18/h8-9,12,19H,5-7,10-11H2,1-4H3. The fourth-order valence-electron chi connectivity index (χ4n) is 1.98. The third-order valence-electron chi connectivity index (χ3n) is 3.15. The second kappa shape index (κ2) is 8.41. The minimum Gasteiger partial charge on any atom is -0.490 e. The maximum Gasteiger partial charge on any atom is 0.163 e. The molecule has 0 heterocycles. The molecule has 0 aromatic heterocycles. The highest BCUT2D eigenvalue weighted by Crippen LogP contribution is 2.30. The van der Waals surface area contributed by atoms with Crippen molar-refractivity contribution in [1.82, 2.24) is 0 Å². The topological polar surface area (TPSA) is 54.3 Å². The van der Waals surface area contributed by atoms with Crippen LogP contribution in [-0.2, 0) is 0 Å². The molecule has 0 saturated carbocycles. The Bertz CT molecular complexity index is 478. The summed E-state index contributed by atoms with van der Waals surface area (Å²) in [6.07, 6.45) is 1.84. The molecular formula is C17H26N2O2. The molecule has 0 aliphatic heterocycles. The molecule has 0 saturated heterocycles. The lowest BCUT2D eigenvalue weighted by Crippen LogP contribution is -2.11. The third kappa shape index (κ3) is 5.95. The zero-order valence-electron chi connectivity index (χ0n) is 13.5. The van der Waals surface area contributed by atoms with Crippen molar-refractivity contribution in [2.24, 2.45) is 5.41 Å². The summed E-state index contributed by atoms with van der Waals surface area (Å²) < 4.78 is 11.1. The Morgan fingerprint density at radius 1 is 1.14 bits per heavy atom. The molecule has 0 unspecified atom stereocenters. The highest BCUT2D eigenvalue weighted by atomic mass is 16.5. The van der Waals surface area contributed by atoms with Gasteiger partial charge in [-0.1, -0.05) is 0 Å². The third-order valence-corrected chi connectivity index (χ3v) is 3.15. The van der Waals surface area contributed by atoms with Crippen molar-refractivity contribution in [2.45, 2.75) is 40.5 Å². The zero-order valence-corrected chi connectivity index (χ0v) is 13.5. The number of nitrogens with zero attached hydrogens (tertiary/aromatic N) is 1. The van der Waals surface area contributed by atoms with Gasteiger partial charge in [0.2, 0.25) is 0 Å². The summed E-state index contributed by atoms with van der Waals surface area (Å²) in [6, 6.07) is 8.20.